The van der Waals surface area contributed by atoms with Gasteiger partial charge in [-0.1, -0.05) is 36.8 Å². The van der Waals surface area contributed by atoms with Crippen molar-refractivity contribution in [1.29, 1.82) is 0 Å². The van der Waals surface area contributed by atoms with E-state index in [2.05, 4.69) is 47.9 Å². The van der Waals surface area contributed by atoms with Crippen molar-refractivity contribution in [3.05, 3.63) is 35.4 Å². The summed E-state index contributed by atoms with van der Waals surface area (Å²) in [7, 11) is 0. The fourth-order valence-corrected chi connectivity index (χ4v) is 3.23. The number of benzene rings is 1. The Balaban J connectivity index is 1.67. The van der Waals surface area contributed by atoms with Gasteiger partial charge in [0.1, 0.15) is 0 Å². The summed E-state index contributed by atoms with van der Waals surface area (Å²) in [6.07, 6.45) is 3.46. The zero-order valence-corrected chi connectivity index (χ0v) is 13.6. The molecule has 118 valence electrons. The molecule has 0 amide bonds. The third kappa shape index (κ3) is 5.10. The summed E-state index contributed by atoms with van der Waals surface area (Å²) in [5.41, 5.74) is 2.82. The van der Waals surface area contributed by atoms with Crippen molar-refractivity contribution in [3.8, 4) is 0 Å². The predicted octanol–water partition coefficient (Wildman–Crippen LogP) is 2.32. The van der Waals surface area contributed by atoms with Crippen LogP contribution in [0.1, 0.15) is 30.9 Å². The van der Waals surface area contributed by atoms with Crippen molar-refractivity contribution in [3.63, 3.8) is 0 Å². The number of aliphatic hydroxyl groups is 1. The number of rotatable bonds is 7. The van der Waals surface area contributed by atoms with Gasteiger partial charge in [0.25, 0.3) is 0 Å². The first kappa shape index (κ1) is 16.5. The van der Waals surface area contributed by atoms with E-state index in [0.717, 1.165) is 32.6 Å². The summed E-state index contributed by atoms with van der Waals surface area (Å²) in [5.74, 6) is 0. The second kappa shape index (κ2) is 8.52. The molecule has 1 heterocycles. The summed E-state index contributed by atoms with van der Waals surface area (Å²) in [5, 5.41) is 9.38. The van der Waals surface area contributed by atoms with E-state index in [1.165, 1.54) is 30.5 Å². The van der Waals surface area contributed by atoms with Crippen LogP contribution in [0.3, 0.4) is 0 Å². The minimum atomic E-state index is 0.295. The van der Waals surface area contributed by atoms with Gasteiger partial charge >= 0.3 is 0 Å². The average Bonchev–Trinajstić information content (AvgIpc) is 2.50. The van der Waals surface area contributed by atoms with E-state index in [1.807, 2.05) is 0 Å². The summed E-state index contributed by atoms with van der Waals surface area (Å²) >= 11 is 0. The van der Waals surface area contributed by atoms with Gasteiger partial charge in [-0.2, -0.15) is 0 Å². The molecule has 1 aliphatic rings. The van der Waals surface area contributed by atoms with E-state index < -0.39 is 0 Å². The number of hydrogen-bond acceptors (Lipinski definition) is 3. The van der Waals surface area contributed by atoms with Crippen LogP contribution in [0.2, 0.25) is 0 Å². The van der Waals surface area contributed by atoms with Crippen LogP contribution in [0.25, 0.3) is 0 Å². The van der Waals surface area contributed by atoms with Crippen LogP contribution in [0.4, 0.5) is 0 Å². The summed E-state index contributed by atoms with van der Waals surface area (Å²) in [6.45, 7) is 10.3. The van der Waals surface area contributed by atoms with Crippen molar-refractivity contribution in [1.82, 2.24) is 9.80 Å². The van der Waals surface area contributed by atoms with Crippen LogP contribution >= 0.6 is 0 Å². The lowest BCUT2D eigenvalue weighted by Gasteiger charge is -2.38. The van der Waals surface area contributed by atoms with Crippen molar-refractivity contribution < 1.29 is 5.11 Å². The SMILES string of the molecule is CCC(CO)N1CCN(CCCc2cccc(C)c2)CC1. The molecule has 0 bridgehead atoms. The average molecular weight is 290 g/mol. The lowest BCUT2D eigenvalue weighted by atomic mass is 10.1. The van der Waals surface area contributed by atoms with Gasteiger partial charge in [0.2, 0.25) is 0 Å². The number of nitrogens with zero attached hydrogens (tertiary/aromatic N) is 2. The van der Waals surface area contributed by atoms with Gasteiger partial charge < -0.3 is 10.0 Å². The fraction of sp³-hybridized carbons (Fsp3) is 0.667. The Kier molecular flexibility index (Phi) is 6.68. The van der Waals surface area contributed by atoms with Crippen LogP contribution < -0.4 is 0 Å². The highest BCUT2D eigenvalue weighted by molar-refractivity contribution is 5.22. The standard InChI is InChI=1S/C18H30N2O/c1-3-18(15-21)20-12-10-19(11-13-20)9-5-8-17-7-4-6-16(2)14-17/h4,6-7,14,18,21H,3,5,8-13,15H2,1-2H3. The van der Waals surface area contributed by atoms with Gasteiger partial charge in [-0.15, -0.1) is 0 Å². The Bertz CT molecular complexity index is 409. The van der Waals surface area contributed by atoms with Crippen LogP contribution in [0.5, 0.6) is 0 Å². The molecule has 0 aromatic heterocycles. The monoisotopic (exact) mass is 290 g/mol. The van der Waals surface area contributed by atoms with Crippen molar-refractivity contribution in [2.75, 3.05) is 39.3 Å². The molecule has 0 radical (unpaired) electrons. The van der Waals surface area contributed by atoms with Crippen LogP contribution in [-0.2, 0) is 6.42 Å². The van der Waals surface area contributed by atoms with Crippen LogP contribution in [-0.4, -0.2) is 60.3 Å². The fourth-order valence-electron chi connectivity index (χ4n) is 3.23. The van der Waals surface area contributed by atoms with Crippen LogP contribution in [0.15, 0.2) is 24.3 Å². The van der Waals surface area contributed by atoms with Crippen molar-refractivity contribution in [2.45, 2.75) is 39.2 Å². The zero-order chi connectivity index (χ0) is 15.1. The zero-order valence-electron chi connectivity index (χ0n) is 13.6. The highest BCUT2D eigenvalue weighted by Crippen LogP contribution is 2.11. The molecule has 1 aromatic rings. The highest BCUT2D eigenvalue weighted by atomic mass is 16.3. The Morgan fingerprint density at radius 1 is 1.19 bits per heavy atom. The van der Waals surface area contributed by atoms with Gasteiger partial charge in [-0.3, -0.25) is 4.90 Å². The van der Waals surface area contributed by atoms with E-state index in [1.54, 1.807) is 0 Å². The summed E-state index contributed by atoms with van der Waals surface area (Å²) < 4.78 is 0. The van der Waals surface area contributed by atoms with Gasteiger partial charge in [0, 0.05) is 32.2 Å². The van der Waals surface area contributed by atoms with E-state index >= 15 is 0 Å². The molecular weight excluding hydrogens is 260 g/mol. The van der Waals surface area contributed by atoms with Crippen molar-refractivity contribution >= 4 is 0 Å². The molecule has 1 unspecified atom stereocenters. The second-order valence-corrected chi connectivity index (χ2v) is 6.21. The minimum Gasteiger partial charge on any atom is -0.395 e. The molecule has 1 aromatic carbocycles. The molecule has 1 N–H and O–H groups in total. The molecule has 0 spiro atoms. The van der Waals surface area contributed by atoms with E-state index in [-0.39, 0.29) is 0 Å². The van der Waals surface area contributed by atoms with Crippen molar-refractivity contribution in [2.24, 2.45) is 0 Å². The minimum absolute atomic E-state index is 0.295. The van der Waals surface area contributed by atoms with Gasteiger partial charge in [-0.05, 0) is 38.3 Å². The Morgan fingerprint density at radius 3 is 2.57 bits per heavy atom. The van der Waals surface area contributed by atoms with Gasteiger partial charge in [0.15, 0.2) is 0 Å². The maximum Gasteiger partial charge on any atom is 0.0586 e. The molecule has 1 fully saturated rings. The molecule has 1 atom stereocenters. The number of piperazine rings is 1. The topological polar surface area (TPSA) is 26.7 Å². The normalized spacial score (nSPS) is 18.8. The Hall–Kier alpha value is -0.900. The molecule has 3 heteroatoms. The lowest BCUT2D eigenvalue weighted by Crippen LogP contribution is -2.51. The van der Waals surface area contributed by atoms with E-state index in [0.29, 0.717) is 12.6 Å². The highest BCUT2D eigenvalue weighted by Gasteiger charge is 2.21. The number of aliphatic hydroxyl groups excluding tert-OH is 1. The van der Waals surface area contributed by atoms with Crippen LogP contribution in [0, 0.1) is 6.92 Å². The second-order valence-electron chi connectivity index (χ2n) is 6.21. The molecule has 0 aliphatic carbocycles. The molecule has 1 saturated heterocycles. The maximum atomic E-state index is 9.38. The first-order chi connectivity index (χ1) is 10.2. The largest absolute Gasteiger partial charge is 0.395 e. The molecule has 21 heavy (non-hydrogen) atoms. The summed E-state index contributed by atoms with van der Waals surface area (Å²) in [4.78, 5) is 5.01. The third-order valence-electron chi connectivity index (χ3n) is 4.63. The van der Waals surface area contributed by atoms with Gasteiger partial charge in [0.05, 0.1) is 6.61 Å². The molecular formula is C18H30N2O. The van der Waals surface area contributed by atoms with E-state index in [4.69, 9.17) is 0 Å². The maximum absolute atomic E-state index is 9.38. The Morgan fingerprint density at radius 2 is 1.95 bits per heavy atom. The first-order valence-corrected chi connectivity index (χ1v) is 8.35. The number of hydrogen-bond donors (Lipinski definition) is 1. The molecule has 1 aliphatic heterocycles. The third-order valence-corrected chi connectivity index (χ3v) is 4.63. The molecule has 0 saturated carbocycles. The predicted molar refractivity (Wildman–Crippen MR) is 88.7 cm³/mol. The smallest absolute Gasteiger partial charge is 0.0586 e. The lowest BCUT2D eigenvalue weighted by molar-refractivity contribution is 0.0633. The van der Waals surface area contributed by atoms with E-state index in [9.17, 15) is 5.11 Å². The summed E-state index contributed by atoms with van der Waals surface area (Å²) in [6, 6.07) is 9.21. The van der Waals surface area contributed by atoms with Gasteiger partial charge in [-0.25, -0.2) is 0 Å². The quantitative estimate of drug-likeness (QED) is 0.835. The molecule has 2 rings (SSSR count). The number of aryl methyl sites for hydroxylation is 2. The first-order valence-electron chi connectivity index (χ1n) is 8.35. The molecule has 3 nitrogen and oxygen atoms in total. The Labute approximate surface area is 129 Å².